The summed E-state index contributed by atoms with van der Waals surface area (Å²) in [6, 6.07) is 3.26. The van der Waals surface area contributed by atoms with E-state index < -0.39 is 0 Å². The predicted molar refractivity (Wildman–Crippen MR) is 83.1 cm³/mol. The summed E-state index contributed by atoms with van der Waals surface area (Å²) in [5.41, 5.74) is 7.67. The molecule has 2 N–H and O–H groups in total. The minimum Gasteiger partial charge on any atom is -0.327 e. The Balaban J connectivity index is 1.95. The Hall–Kier alpha value is 0.100. The number of likely N-dealkylation sites (tertiary alicyclic amines) is 1. The lowest BCUT2D eigenvalue weighted by atomic mass is 9.89. The molecule has 4 heteroatoms. The second-order valence-corrected chi connectivity index (χ2v) is 7.83. The Morgan fingerprint density at radius 1 is 1.56 bits per heavy atom. The zero-order chi connectivity index (χ0) is 13.1. The van der Waals surface area contributed by atoms with Gasteiger partial charge in [-0.15, -0.1) is 11.3 Å². The Bertz CT molecular complexity index is 380. The Labute approximate surface area is 123 Å². The average molecular weight is 331 g/mol. The predicted octanol–water partition coefficient (Wildman–Crippen LogP) is 3.50. The summed E-state index contributed by atoms with van der Waals surface area (Å²) in [6.07, 6.45) is 3.55. The standard InChI is InChI=1S/C14H23BrN2S/c1-3-10(2)17-7-11(5-13(16)8-17)4-12-6-14(15)18-9-12/h6,9-11,13H,3-5,7-8,16H2,1-2H3. The highest BCUT2D eigenvalue weighted by Gasteiger charge is 2.27. The lowest BCUT2D eigenvalue weighted by Crippen LogP contribution is -2.50. The second kappa shape index (κ2) is 6.51. The Morgan fingerprint density at radius 2 is 2.33 bits per heavy atom. The van der Waals surface area contributed by atoms with Crippen molar-refractivity contribution in [3.63, 3.8) is 0 Å². The molecule has 1 aromatic rings. The van der Waals surface area contributed by atoms with Crippen LogP contribution >= 0.6 is 27.3 Å². The maximum Gasteiger partial charge on any atom is 0.0701 e. The SMILES string of the molecule is CCC(C)N1CC(N)CC(Cc2csc(Br)c2)C1. The van der Waals surface area contributed by atoms with E-state index in [0.717, 1.165) is 6.54 Å². The highest BCUT2D eigenvalue weighted by atomic mass is 79.9. The van der Waals surface area contributed by atoms with Gasteiger partial charge in [-0.3, -0.25) is 4.90 Å². The number of rotatable bonds is 4. The molecule has 1 saturated heterocycles. The van der Waals surface area contributed by atoms with E-state index in [1.807, 2.05) is 0 Å². The Kier molecular flexibility index (Phi) is 5.24. The first kappa shape index (κ1) is 14.5. The van der Waals surface area contributed by atoms with Crippen LogP contribution < -0.4 is 5.73 Å². The molecule has 18 heavy (non-hydrogen) atoms. The maximum atomic E-state index is 6.22. The maximum absolute atomic E-state index is 6.22. The van der Waals surface area contributed by atoms with E-state index in [-0.39, 0.29) is 0 Å². The molecule has 0 bridgehead atoms. The number of thiophene rings is 1. The summed E-state index contributed by atoms with van der Waals surface area (Å²) < 4.78 is 1.23. The van der Waals surface area contributed by atoms with Crippen molar-refractivity contribution in [2.24, 2.45) is 11.7 Å². The molecule has 2 nitrogen and oxygen atoms in total. The Morgan fingerprint density at radius 3 is 2.94 bits per heavy atom. The monoisotopic (exact) mass is 330 g/mol. The van der Waals surface area contributed by atoms with Gasteiger partial charge in [0.1, 0.15) is 0 Å². The van der Waals surface area contributed by atoms with Gasteiger partial charge in [-0.2, -0.15) is 0 Å². The third-order valence-electron chi connectivity index (χ3n) is 3.96. The quantitative estimate of drug-likeness (QED) is 0.915. The molecule has 2 rings (SSSR count). The fraction of sp³-hybridized carbons (Fsp3) is 0.714. The highest BCUT2D eigenvalue weighted by molar-refractivity contribution is 9.11. The van der Waals surface area contributed by atoms with E-state index in [4.69, 9.17) is 5.73 Å². The van der Waals surface area contributed by atoms with Gasteiger partial charge in [-0.25, -0.2) is 0 Å². The third-order valence-corrected chi connectivity index (χ3v) is 5.51. The van der Waals surface area contributed by atoms with Crippen molar-refractivity contribution in [3.05, 3.63) is 20.8 Å². The number of halogens is 1. The van der Waals surface area contributed by atoms with Crippen LogP contribution in [-0.2, 0) is 6.42 Å². The van der Waals surface area contributed by atoms with Gasteiger partial charge in [-0.05, 0) is 65.0 Å². The van der Waals surface area contributed by atoms with Crippen LogP contribution in [0, 0.1) is 5.92 Å². The van der Waals surface area contributed by atoms with Crippen molar-refractivity contribution in [1.82, 2.24) is 4.90 Å². The number of nitrogens with zero attached hydrogens (tertiary/aromatic N) is 1. The molecule has 3 atom stereocenters. The zero-order valence-electron chi connectivity index (χ0n) is 11.2. The molecule has 1 aromatic heterocycles. The fourth-order valence-electron chi connectivity index (χ4n) is 2.84. The number of piperidine rings is 1. The van der Waals surface area contributed by atoms with E-state index in [2.05, 4.69) is 46.1 Å². The molecule has 102 valence electrons. The van der Waals surface area contributed by atoms with Gasteiger partial charge in [0.15, 0.2) is 0 Å². The average Bonchev–Trinajstić information content (AvgIpc) is 2.73. The summed E-state index contributed by atoms with van der Waals surface area (Å²) in [7, 11) is 0. The minimum absolute atomic E-state index is 0.347. The van der Waals surface area contributed by atoms with Gasteiger partial charge in [0.05, 0.1) is 3.79 Å². The van der Waals surface area contributed by atoms with Crippen LogP contribution in [-0.4, -0.2) is 30.1 Å². The van der Waals surface area contributed by atoms with Crippen molar-refractivity contribution in [3.8, 4) is 0 Å². The first-order valence-corrected chi connectivity index (χ1v) is 8.48. The van der Waals surface area contributed by atoms with E-state index in [0.29, 0.717) is 18.0 Å². The van der Waals surface area contributed by atoms with Crippen molar-refractivity contribution < 1.29 is 0 Å². The fourth-order valence-corrected chi connectivity index (χ4v) is 4.06. The first-order valence-electron chi connectivity index (χ1n) is 6.81. The van der Waals surface area contributed by atoms with Crippen molar-refractivity contribution in [2.45, 2.75) is 45.2 Å². The van der Waals surface area contributed by atoms with E-state index in [9.17, 15) is 0 Å². The minimum atomic E-state index is 0.347. The molecule has 3 unspecified atom stereocenters. The van der Waals surface area contributed by atoms with Crippen LogP contribution in [0.2, 0.25) is 0 Å². The van der Waals surface area contributed by atoms with Crippen LogP contribution in [0.3, 0.4) is 0 Å². The summed E-state index contributed by atoms with van der Waals surface area (Å²) in [4.78, 5) is 2.57. The summed E-state index contributed by atoms with van der Waals surface area (Å²) in [6.45, 7) is 6.85. The first-order chi connectivity index (χ1) is 8.58. The van der Waals surface area contributed by atoms with Gasteiger partial charge < -0.3 is 5.73 Å². The second-order valence-electron chi connectivity index (χ2n) is 5.54. The number of hydrogen-bond acceptors (Lipinski definition) is 3. The third kappa shape index (κ3) is 3.80. The molecule has 0 spiro atoms. The lowest BCUT2D eigenvalue weighted by Gasteiger charge is -2.39. The van der Waals surface area contributed by atoms with Crippen molar-refractivity contribution in [1.29, 1.82) is 0 Å². The number of nitrogens with two attached hydrogens (primary N) is 1. The topological polar surface area (TPSA) is 29.3 Å². The molecule has 1 fully saturated rings. The smallest absolute Gasteiger partial charge is 0.0701 e. The molecule has 0 aliphatic carbocycles. The van der Waals surface area contributed by atoms with Crippen LogP contribution in [0.4, 0.5) is 0 Å². The van der Waals surface area contributed by atoms with Gasteiger partial charge in [-0.1, -0.05) is 6.92 Å². The normalized spacial score (nSPS) is 27.3. The molecule has 1 aliphatic rings. The molecular weight excluding hydrogens is 308 g/mol. The molecule has 1 aliphatic heterocycles. The van der Waals surface area contributed by atoms with Crippen LogP contribution in [0.1, 0.15) is 32.3 Å². The molecule has 0 saturated carbocycles. The molecule has 2 heterocycles. The summed E-state index contributed by atoms with van der Waals surface area (Å²) >= 11 is 5.32. The molecule has 0 aromatic carbocycles. The van der Waals surface area contributed by atoms with E-state index in [1.165, 1.54) is 35.2 Å². The van der Waals surface area contributed by atoms with Gasteiger partial charge in [0.25, 0.3) is 0 Å². The van der Waals surface area contributed by atoms with Crippen LogP contribution in [0.25, 0.3) is 0 Å². The van der Waals surface area contributed by atoms with Crippen LogP contribution in [0.15, 0.2) is 15.2 Å². The lowest BCUT2D eigenvalue weighted by molar-refractivity contribution is 0.114. The molecule has 0 radical (unpaired) electrons. The van der Waals surface area contributed by atoms with Gasteiger partial charge >= 0.3 is 0 Å². The number of hydrogen-bond donors (Lipinski definition) is 1. The largest absolute Gasteiger partial charge is 0.327 e. The van der Waals surface area contributed by atoms with Gasteiger partial charge in [0, 0.05) is 25.2 Å². The van der Waals surface area contributed by atoms with E-state index >= 15 is 0 Å². The van der Waals surface area contributed by atoms with Gasteiger partial charge in [0.2, 0.25) is 0 Å². The molecule has 0 amide bonds. The highest BCUT2D eigenvalue weighted by Crippen LogP contribution is 2.27. The summed E-state index contributed by atoms with van der Waals surface area (Å²) in [5, 5.41) is 2.26. The van der Waals surface area contributed by atoms with E-state index in [1.54, 1.807) is 11.3 Å². The van der Waals surface area contributed by atoms with Crippen molar-refractivity contribution >= 4 is 27.3 Å². The summed E-state index contributed by atoms with van der Waals surface area (Å²) in [5.74, 6) is 0.712. The molecular formula is C14H23BrN2S. The van der Waals surface area contributed by atoms with Crippen molar-refractivity contribution in [2.75, 3.05) is 13.1 Å². The van der Waals surface area contributed by atoms with Crippen LogP contribution in [0.5, 0.6) is 0 Å². The zero-order valence-corrected chi connectivity index (χ0v) is 13.6.